The van der Waals surface area contributed by atoms with Crippen LogP contribution in [0.3, 0.4) is 0 Å². The molecule has 0 saturated carbocycles. The van der Waals surface area contributed by atoms with Crippen molar-refractivity contribution in [2.45, 2.75) is 45.6 Å². The van der Waals surface area contributed by atoms with Crippen molar-refractivity contribution in [3.63, 3.8) is 0 Å². The monoisotopic (exact) mass is 534 g/mol. The van der Waals surface area contributed by atoms with Crippen LogP contribution in [0.25, 0.3) is 22.0 Å². The van der Waals surface area contributed by atoms with E-state index in [-0.39, 0.29) is 17.8 Å². The zero-order valence-electron chi connectivity index (χ0n) is 23.0. The second-order valence-electron chi connectivity index (χ2n) is 10.2. The van der Waals surface area contributed by atoms with Gasteiger partial charge in [0.05, 0.1) is 51.0 Å². The number of methoxy groups -OCH3 is 1. The van der Waals surface area contributed by atoms with E-state index in [0.717, 1.165) is 75.4 Å². The van der Waals surface area contributed by atoms with E-state index >= 15 is 0 Å². The maximum absolute atomic E-state index is 14.1. The lowest BCUT2D eigenvalue weighted by Crippen LogP contribution is -2.37. The van der Waals surface area contributed by atoms with Gasteiger partial charge in [0.1, 0.15) is 17.2 Å². The van der Waals surface area contributed by atoms with Gasteiger partial charge in [-0.15, -0.1) is 0 Å². The van der Waals surface area contributed by atoms with Gasteiger partial charge in [-0.25, -0.2) is 0 Å². The fraction of sp³-hybridized carbons (Fsp3) is 0.484. The molecule has 208 valence electrons. The minimum absolute atomic E-state index is 0.0742. The Morgan fingerprint density at radius 3 is 2.64 bits per heavy atom. The number of rotatable bonds is 11. The Labute approximate surface area is 229 Å². The first-order valence-corrected chi connectivity index (χ1v) is 14.0. The quantitative estimate of drug-likeness (QED) is 0.359. The number of morpholine rings is 1. The molecule has 8 nitrogen and oxygen atoms in total. The maximum Gasteiger partial charge on any atom is 0.197 e. The zero-order chi connectivity index (χ0) is 27.2. The van der Waals surface area contributed by atoms with Gasteiger partial charge in [0, 0.05) is 42.9 Å². The van der Waals surface area contributed by atoms with Crippen LogP contribution in [-0.4, -0.2) is 68.4 Å². The SMILES string of the molecule is CCCOc1cc2c(c3c(=O)c(-c4ccc(OC)cc4)cn(CC(=O)CCCN4CCOCC4)c13)CCCO2. The number of carbonyl (C=O) groups is 1. The van der Waals surface area contributed by atoms with Gasteiger partial charge in [-0.1, -0.05) is 19.1 Å². The Hall–Kier alpha value is -3.36. The van der Waals surface area contributed by atoms with Crippen LogP contribution in [0.15, 0.2) is 41.3 Å². The summed E-state index contributed by atoms with van der Waals surface area (Å²) in [7, 11) is 1.62. The first-order chi connectivity index (χ1) is 19.1. The molecule has 0 bridgehead atoms. The van der Waals surface area contributed by atoms with Gasteiger partial charge in [-0.3, -0.25) is 14.5 Å². The van der Waals surface area contributed by atoms with Crippen molar-refractivity contribution in [1.29, 1.82) is 0 Å². The molecule has 2 aromatic carbocycles. The van der Waals surface area contributed by atoms with Gasteiger partial charge in [-0.2, -0.15) is 0 Å². The number of aromatic nitrogens is 1. The molecule has 2 aliphatic rings. The first-order valence-electron chi connectivity index (χ1n) is 14.0. The van der Waals surface area contributed by atoms with Crippen LogP contribution in [0, 0.1) is 0 Å². The van der Waals surface area contributed by atoms with Crippen molar-refractivity contribution in [3.8, 4) is 28.4 Å². The fourth-order valence-electron chi connectivity index (χ4n) is 5.43. The summed E-state index contributed by atoms with van der Waals surface area (Å²) in [5, 5.41) is 0.590. The second-order valence-corrected chi connectivity index (χ2v) is 10.2. The van der Waals surface area contributed by atoms with Crippen LogP contribution in [0.4, 0.5) is 0 Å². The number of fused-ring (bicyclic) bond motifs is 3. The van der Waals surface area contributed by atoms with Crippen LogP contribution in [0.1, 0.15) is 38.2 Å². The van der Waals surface area contributed by atoms with Crippen molar-refractivity contribution in [2.75, 3.05) is 53.2 Å². The summed E-state index contributed by atoms with van der Waals surface area (Å²) >= 11 is 0. The molecule has 8 heteroatoms. The molecule has 3 aromatic rings. The Morgan fingerprint density at radius 1 is 1.10 bits per heavy atom. The number of ether oxygens (including phenoxy) is 4. The third-order valence-electron chi connectivity index (χ3n) is 7.45. The van der Waals surface area contributed by atoms with E-state index in [4.69, 9.17) is 18.9 Å². The molecule has 2 aliphatic heterocycles. The number of Topliss-reactive ketones (excluding diaryl/α,β-unsaturated/α-hetero) is 1. The number of hydrogen-bond donors (Lipinski definition) is 0. The predicted molar refractivity (Wildman–Crippen MR) is 151 cm³/mol. The van der Waals surface area contributed by atoms with Crippen LogP contribution in [0.5, 0.6) is 17.2 Å². The Balaban J connectivity index is 1.56. The maximum atomic E-state index is 14.1. The molecule has 1 saturated heterocycles. The molecule has 1 fully saturated rings. The summed E-state index contributed by atoms with van der Waals surface area (Å²) in [5.41, 5.74) is 2.83. The zero-order valence-corrected chi connectivity index (χ0v) is 23.0. The van der Waals surface area contributed by atoms with Gasteiger partial charge >= 0.3 is 0 Å². The molecule has 5 rings (SSSR count). The minimum atomic E-state index is -0.0742. The molecular weight excluding hydrogens is 496 g/mol. The molecule has 0 unspecified atom stereocenters. The molecule has 0 N–H and O–H groups in total. The van der Waals surface area contributed by atoms with E-state index in [1.165, 1.54) is 0 Å². The lowest BCUT2D eigenvalue weighted by molar-refractivity contribution is -0.119. The van der Waals surface area contributed by atoms with Crippen LogP contribution < -0.4 is 19.6 Å². The highest BCUT2D eigenvalue weighted by molar-refractivity contribution is 5.94. The lowest BCUT2D eigenvalue weighted by Gasteiger charge is -2.26. The number of carbonyl (C=O) groups excluding carboxylic acids is 1. The molecular formula is C31H38N2O6. The van der Waals surface area contributed by atoms with Crippen molar-refractivity contribution in [3.05, 3.63) is 52.3 Å². The first kappa shape index (κ1) is 27.2. The molecule has 0 amide bonds. The number of nitrogens with zero attached hydrogens (tertiary/aromatic N) is 2. The normalized spacial score (nSPS) is 15.5. The van der Waals surface area contributed by atoms with E-state index in [2.05, 4.69) is 4.90 Å². The van der Waals surface area contributed by atoms with Crippen LogP contribution >= 0.6 is 0 Å². The average Bonchev–Trinajstić information content (AvgIpc) is 2.97. The highest BCUT2D eigenvalue weighted by atomic mass is 16.5. The fourth-order valence-corrected chi connectivity index (χ4v) is 5.43. The summed E-state index contributed by atoms with van der Waals surface area (Å²) < 4.78 is 24.8. The summed E-state index contributed by atoms with van der Waals surface area (Å²) in [4.78, 5) is 29.8. The van der Waals surface area contributed by atoms with Gasteiger partial charge in [0.25, 0.3) is 0 Å². The largest absolute Gasteiger partial charge is 0.497 e. The van der Waals surface area contributed by atoms with Gasteiger partial charge in [0.2, 0.25) is 0 Å². The summed E-state index contributed by atoms with van der Waals surface area (Å²) in [5.74, 6) is 2.14. The number of pyridine rings is 1. The van der Waals surface area contributed by atoms with Crippen LogP contribution in [-0.2, 0) is 22.5 Å². The number of hydrogen-bond acceptors (Lipinski definition) is 7. The van der Waals surface area contributed by atoms with Gasteiger partial charge in [0.15, 0.2) is 11.2 Å². The number of benzene rings is 2. The molecule has 3 heterocycles. The van der Waals surface area contributed by atoms with Crippen molar-refractivity contribution < 1.29 is 23.7 Å². The smallest absolute Gasteiger partial charge is 0.197 e. The third kappa shape index (κ3) is 6.12. The average molecular weight is 535 g/mol. The van der Waals surface area contributed by atoms with E-state index in [0.29, 0.717) is 47.6 Å². The third-order valence-corrected chi connectivity index (χ3v) is 7.45. The highest BCUT2D eigenvalue weighted by Gasteiger charge is 2.24. The number of ketones is 1. The Morgan fingerprint density at radius 2 is 1.90 bits per heavy atom. The highest BCUT2D eigenvalue weighted by Crippen LogP contribution is 2.38. The summed E-state index contributed by atoms with van der Waals surface area (Å²) in [6.45, 7) is 7.54. The molecule has 0 spiro atoms. The Kier molecular flexibility index (Phi) is 8.84. The van der Waals surface area contributed by atoms with Crippen LogP contribution in [0.2, 0.25) is 0 Å². The minimum Gasteiger partial charge on any atom is -0.497 e. The lowest BCUT2D eigenvalue weighted by atomic mass is 9.96. The van der Waals surface area contributed by atoms with Crippen molar-refractivity contribution in [1.82, 2.24) is 9.47 Å². The molecule has 39 heavy (non-hydrogen) atoms. The van der Waals surface area contributed by atoms with E-state index in [1.54, 1.807) is 7.11 Å². The summed E-state index contributed by atoms with van der Waals surface area (Å²) in [6.07, 6.45) is 5.50. The van der Waals surface area contributed by atoms with E-state index < -0.39 is 0 Å². The summed E-state index contributed by atoms with van der Waals surface area (Å²) in [6, 6.07) is 9.36. The Bertz CT molecular complexity index is 1360. The molecule has 0 radical (unpaired) electrons. The van der Waals surface area contributed by atoms with Crippen molar-refractivity contribution >= 4 is 16.7 Å². The predicted octanol–water partition coefficient (Wildman–Crippen LogP) is 4.47. The van der Waals surface area contributed by atoms with Gasteiger partial charge in [-0.05, 0) is 49.9 Å². The molecule has 1 aromatic heterocycles. The van der Waals surface area contributed by atoms with E-state index in [9.17, 15) is 9.59 Å². The second kappa shape index (κ2) is 12.7. The molecule has 0 atom stereocenters. The molecule has 0 aliphatic carbocycles. The topological polar surface area (TPSA) is 79.2 Å². The number of aryl methyl sites for hydroxylation is 1. The standard InChI is InChI=1S/C31H38N2O6/c1-3-15-38-28-19-27-25(7-5-16-39-27)29-30(28)33(20-23(34)6-4-12-32-13-17-37-18-14-32)21-26(31(29)35)22-8-10-24(36-2)11-9-22/h8-11,19,21H,3-7,12-18,20H2,1-2H3. The van der Waals surface area contributed by atoms with Gasteiger partial charge < -0.3 is 23.5 Å². The van der Waals surface area contributed by atoms with E-state index in [1.807, 2.05) is 48.0 Å². The van der Waals surface area contributed by atoms with Crippen molar-refractivity contribution in [2.24, 2.45) is 0 Å².